The van der Waals surface area contributed by atoms with Crippen LogP contribution in [0.5, 0.6) is 23.0 Å². The molecule has 8 aromatic rings. The van der Waals surface area contributed by atoms with Crippen molar-refractivity contribution >= 4 is 66.7 Å². The lowest BCUT2D eigenvalue weighted by Gasteiger charge is -2.27. The van der Waals surface area contributed by atoms with Gasteiger partial charge in [-0.3, -0.25) is 9.97 Å². The summed E-state index contributed by atoms with van der Waals surface area (Å²) in [5.74, 6) is 3.17. The largest absolute Gasteiger partial charge is 0.497 e. The number of hydrogen-bond donors (Lipinski definition) is 0. The number of aromatic nitrogens is 2. The molecule has 0 aliphatic rings. The lowest BCUT2D eigenvalue weighted by Crippen LogP contribution is -2.11. The normalized spacial score (nSPS) is 11.2. The van der Waals surface area contributed by atoms with E-state index in [0.717, 1.165) is 89.7 Å². The van der Waals surface area contributed by atoms with Gasteiger partial charge in [0.15, 0.2) is 0 Å². The van der Waals surface area contributed by atoms with Gasteiger partial charge in [-0.05, 0) is 121 Å². The maximum atomic E-state index is 5.45. The molecular weight excluding hydrogens is 624 g/mol. The summed E-state index contributed by atoms with van der Waals surface area (Å²) in [6.07, 6.45) is 3.92. The zero-order chi connectivity index (χ0) is 34.2. The van der Waals surface area contributed by atoms with Gasteiger partial charge in [0, 0.05) is 62.4 Å². The number of methoxy groups -OCH3 is 4. The zero-order valence-electron chi connectivity index (χ0n) is 28.1. The molecule has 0 aliphatic carbocycles. The van der Waals surface area contributed by atoms with E-state index in [4.69, 9.17) is 28.9 Å². The summed E-state index contributed by atoms with van der Waals surface area (Å²) >= 11 is 0. The van der Waals surface area contributed by atoms with Crippen LogP contribution in [0.25, 0.3) is 32.6 Å². The third kappa shape index (κ3) is 5.46. The van der Waals surface area contributed by atoms with Crippen LogP contribution in [0.1, 0.15) is 0 Å². The second-order valence-corrected chi connectivity index (χ2v) is 11.8. The zero-order valence-corrected chi connectivity index (χ0v) is 28.1. The molecule has 0 fully saturated rings. The summed E-state index contributed by atoms with van der Waals surface area (Å²) in [5.41, 5.74) is 7.60. The molecule has 0 bridgehead atoms. The van der Waals surface area contributed by atoms with Gasteiger partial charge in [-0.1, -0.05) is 0 Å². The van der Waals surface area contributed by atoms with Gasteiger partial charge in [0.05, 0.1) is 45.2 Å². The van der Waals surface area contributed by atoms with Gasteiger partial charge in [0.1, 0.15) is 23.0 Å². The molecule has 50 heavy (non-hydrogen) atoms. The molecule has 0 saturated carbocycles. The molecule has 0 saturated heterocycles. The minimum absolute atomic E-state index is 0.791. The highest BCUT2D eigenvalue weighted by Crippen LogP contribution is 2.43. The third-order valence-electron chi connectivity index (χ3n) is 9.04. The Hall–Kier alpha value is -6.54. The predicted octanol–water partition coefficient (Wildman–Crippen LogP) is 10.3. The molecule has 0 amide bonds. The van der Waals surface area contributed by atoms with Crippen LogP contribution in [0.15, 0.2) is 134 Å². The average molecular weight is 659 g/mol. The predicted molar refractivity (Wildman–Crippen MR) is 201 cm³/mol. The van der Waals surface area contributed by atoms with E-state index in [1.165, 1.54) is 0 Å². The summed E-state index contributed by atoms with van der Waals surface area (Å²) in [4.78, 5) is 14.5. The van der Waals surface area contributed by atoms with Gasteiger partial charge in [-0.25, -0.2) is 0 Å². The average Bonchev–Trinajstić information content (AvgIpc) is 3.18. The van der Waals surface area contributed by atoms with E-state index in [2.05, 4.69) is 58.3 Å². The molecule has 6 aromatic carbocycles. The second-order valence-electron chi connectivity index (χ2n) is 11.8. The molecule has 2 heterocycles. The maximum absolute atomic E-state index is 5.45. The fraction of sp³-hybridized carbons (Fsp3) is 0.0952. The Bertz CT molecular complexity index is 2080. The highest BCUT2D eigenvalue weighted by atomic mass is 16.5. The van der Waals surface area contributed by atoms with Crippen LogP contribution in [0.3, 0.4) is 0 Å². The number of benzene rings is 6. The Morgan fingerprint density at radius 3 is 0.960 bits per heavy atom. The summed E-state index contributed by atoms with van der Waals surface area (Å²) < 4.78 is 21.8. The first kappa shape index (κ1) is 30.8. The molecule has 8 heteroatoms. The smallest absolute Gasteiger partial charge is 0.119 e. The quantitative estimate of drug-likeness (QED) is 0.135. The van der Waals surface area contributed by atoms with Crippen LogP contribution in [0.2, 0.25) is 0 Å². The Morgan fingerprint density at radius 2 is 0.660 bits per heavy atom. The summed E-state index contributed by atoms with van der Waals surface area (Å²) in [6, 6.07) is 40.8. The van der Waals surface area contributed by atoms with E-state index in [1.54, 1.807) is 28.4 Å². The van der Waals surface area contributed by atoms with Crippen molar-refractivity contribution in [2.75, 3.05) is 38.2 Å². The van der Waals surface area contributed by atoms with Crippen LogP contribution < -0.4 is 28.7 Å². The fourth-order valence-electron chi connectivity index (χ4n) is 6.58. The molecule has 0 spiro atoms. The number of rotatable bonds is 10. The fourth-order valence-corrected chi connectivity index (χ4v) is 6.58. The minimum atomic E-state index is 0.791. The minimum Gasteiger partial charge on any atom is -0.497 e. The highest BCUT2D eigenvalue weighted by Gasteiger charge is 2.20. The second kappa shape index (κ2) is 12.8. The standard InChI is InChI=1S/C42H34N4O4/c1-47-35-13-5-29(6-14-35)45(30-7-15-36(48-2)16-8-30)33-21-27-25-43-39-23-34(24-40-42(39)41(27)28(22-33)26-44-40)46(31-9-17-37(49-3)18-10-31)32-11-19-38(50-4)20-12-32/h5-26H,1-4H3. The van der Waals surface area contributed by atoms with Crippen LogP contribution in [0, 0.1) is 0 Å². The van der Waals surface area contributed by atoms with E-state index in [9.17, 15) is 0 Å². The lowest BCUT2D eigenvalue weighted by atomic mass is 9.99. The molecule has 246 valence electrons. The topological polar surface area (TPSA) is 69.2 Å². The van der Waals surface area contributed by atoms with Crippen molar-refractivity contribution in [2.24, 2.45) is 0 Å². The third-order valence-corrected chi connectivity index (χ3v) is 9.04. The SMILES string of the molecule is COc1ccc(N(c2ccc(OC)cc2)c2cc3cnc4cc(N(c5ccc(OC)cc5)c5ccc(OC)cc5)cc5ncc(c2)c3c45)cc1. The first-order valence-electron chi connectivity index (χ1n) is 16.2. The molecule has 0 N–H and O–H groups in total. The molecule has 0 unspecified atom stereocenters. The van der Waals surface area contributed by atoms with Gasteiger partial charge >= 0.3 is 0 Å². The van der Waals surface area contributed by atoms with Crippen molar-refractivity contribution in [1.82, 2.24) is 9.97 Å². The number of nitrogens with zero attached hydrogens (tertiary/aromatic N) is 4. The Morgan fingerprint density at radius 1 is 0.360 bits per heavy atom. The Labute approximate surface area is 290 Å². The molecule has 0 radical (unpaired) electrons. The lowest BCUT2D eigenvalue weighted by molar-refractivity contribution is 0.414. The maximum Gasteiger partial charge on any atom is 0.119 e. The number of hydrogen-bond acceptors (Lipinski definition) is 8. The molecule has 8 rings (SSSR count). The van der Waals surface area contributed by atoms with E-state index < -0.39 is 0 Å². The molecular formula is C42H34N4O4. The van der Waals surface area contributed by atoms with Crippen molar-refractivity contribution in [2.45, 2.75) is 0 Å². The van der Waals surface area contributed by atoms with Crippen molar-refractivity contribution in [3.63, 3.8) is 0 Å². The van der Waals surface area contributed by atoms with Gasteiger partial charge in [-0.2, -0.15) is 0 Å². The van der Waals surface area contributed by atoms with Crippen LogP contribution in [-0.4, -0.2) is 38.4 Å². The van der Waals surface area contributed by atoms with Gasteiger partial charge < -0.3 is 28.7 Å². The first-order valence-corrected chi connectivity index (χ1v) is 16.2. The molecule has 0 aliphatic heterocycles. The van der Waals surface area contributed by atoms with E-state index in [-0.39, 0.29) is 0 Å². The van der Waals surface area contributed by atoms with Gasteiger partial charge in [-0.15, -0.1) is 0 Å². The summed E-state index contributed by atoms with van der Waals surface area (Å²) in [5, 5.41) is 4.21. The van der Waals surface area contributed by atoms with Crippen LogP contribution in [0.4, 0.5) is 34.1 Å². The summed E-state index contributed by atoms with van der Waals surface area (Å²) in [6.45, 7) is 0. The van der Waals surface area contributed by atoms with E-state index in [0.29, 0.717) is 0 Å². The Balaban J connectivity index is 1.27. The van der Waals surface area contributed by atoms with Crippen LogP contribution in [-0.2, 0) is 0 Å². The first-order chi connectivity index (χ1) is 24.6. The molecule has 8 nitrogen and oxygen atoms in total. The summed E-state index contributed by atoms with van der Waals surface area (Å²) in [7, 11) is 6.69. The molecule has 0 atom stereocenters. The Kier molecular flexibility index (Phi) is 7.89. The van der Waals surface area contributed by atoms with Crippen molar-refractivity contribution in [3.8, 4) is 23.0 Å². The van der Waals surface area contributed by atoms with Gasteiger partial charge in [0.2, 0.25) is 0 Å². The number of pyridine rings is 2. The van der Waals surface area contributed by atoms with Gasteiger partial charge in [0.25, 0.3) is 0 Å². The molecule has 2 aromatic heterocycles. The monoisotopic (exact) mass is 658 g/mol. The van der Waals surface area contributed by atoms with Crippen LogP contribution >= 0.6 is 0 Å². The van der Waals surface area contributed by atoms with Crippen molar-refractivity contribution < 1.29 is 18.9 Å². The highest BCUT2D eigenvalue weighted by molar-refractivity contribution is 6.22. The number of anilines is 6. The van der Waals surface area contributed by atoms with Crippen molar-refractivity contribution in [1.29, 1.82) is 0 Å². The van der Waals surface area contributed by atoms with E-state index in [1.807, 2.05) is 85.2 Å². The van der Waals surface area contributed by atoms with Crippen molar-refractivity contribution in [3.05, 3.63) is 134 Å². The number of ether oxygens (including phenoxy) is 4. The van der Waals surface area contributed by atoms with E-state index >= 15 is 0 Å².